The van der Waals surface area contributed by atoms with E-state index in [1.54, 1.807) is 12.3 Å². The number of thioether (sulfide) groups is 1. The van der Waals surface area contributed by atoms with Crippen LogP contribution in [0, 0.1) is 15.5 Å². The second kappa shape index (κ2) is 5.85. The molecule has 0 spiro atoms. The lowest BCUT2D eigenvalue weighted by Gasteiger charge is -2.09. The van der Waals surface area contributed by atoms with Crippen molar-refractivity contribution < 1.29 is 9.72 Å². The number of carbonyl (C=O) groups excluding carboxylic acids is 1. The van der Waals surface area contributed by atoms with Gasteiger partial charge >= 0.3 is 0 Å². The Kier molecular flexibility index (Phi) is 3.90. The SMILES string of the molecule is N=C1SCC(=O)N1c1ncc(Cc2cccc([N+](=O)[O-])c2)s1. The minimum atomic E-state index is -0.428. The molecule has 1 aliphatic heterocycles. The van der Waals surface area contributed by atoms with Gasteiger partial charge in [-0.2, -0.15) is 0 Å². The molecule has 22 heavy (non-hydrogen) atoms. The molecule has 0 unspecified atom stereocenters. The Morgan fingerprint density at radius 3 is 2.95 bits per heavy atom. The molecule has 0 atom stereocenters. The van der Waals surface area contributed by atoms with Crippen LogP contribution in [0.5, 0.6) is 0 Å². The minimum absolute atomic E-state index is 0.0511. The molecule has 0 bridgehead atoms. The molecule has 1 aliphatic rings. The number of nitrogens with one attached hydrogen (secondary N) is 1. The van der Waals surface area contributed by atoms with Crippen LogP contribution in [0.15, 0.2) is 30.5 Å². The maximum atomic E-state index is 11.7. The highest BCUT2D eigenvalue weighted by atomic mass is 32.2. The van der Waals surface area contributed by atoms with E-state index in [1.165, 1.54) is 40.1 Å². The first-order valence-electron chi connectivity index (χ1n) is 6.27. The number of anilines is 1. The summed E-state index contributed by atoms with van der Waals surface area (Å²) in [5.41, 5.74) is 0.858. The topological polar surface area (TPSA) is 100 Å². The molecule has 1 saturated heterocycles. The van der Waals surface area contributed by atoms with Gasteiger partial charge in [0, 0.05) is 29.6 Å². The number of hydrogen-bond acceptors (Lipinski definition) is 7. The van der Waals surface area contributed by atoms with E-state index in [4.69, 9.17) is 5.41 Å². The second-order valence-electron chi connectivity index (χ2n) is 4.54. The number of nitro benzene ring substituents is 1. The molecule has 9 heteroatoms. The van der Waals surface area contributed by atoms with Crippen molar-refractivity contribution in [2.75, 3.05) is 10.7 Å². The number of aromatic nitrogens is 1. The lowest BCUT2D eigenvalue weighted by molar-refractivity contribution is -0.384. The van der Waals surface area contributed by atoms with Crippen LogP contribution in [0.1, 0.15) is 10.4 Å². The summed E-state index contributed by atoms with van der Waals surface area (Å²) in [7, 11) is 0. The molecule has 2 heterocycles. The van der Waals surface area contributed by atoms with Gasteiger partial charge in [-0.15, -0.1) is 11.3 Å². The first-order chi connectivity index (χ1) is 10.5. The summed E-state index contributed by atoms with van der Waals surface area (Å²) in [5, 5.41) is 19.2. The predicted octanol–water partition coefficient (Wildman–Crippen LogP) is 2.66. The van der Waals surface area contributed by atoms with Crippen molar-refractivity contribution in [2.45, 2.75) is 6.42 Å². The first kappa shape index (κ1) is 14.7. The summed E-state index contributed by atoms with van der Waals surface area (Å²) in [6.45, 7) is 0. The van der Waals surface area contributed by atoms with E-state index in [1.807, 2.05) is 6.07 Å². The van der Waals surface area contributed by atoms with Crippen molar-refractivity contribution in [1.29, 1.82) is 5.41 Å². The third-order valence-electron chi connectivity index (χ3n) is 3.02. The molecule has 2 aromatic rings. The van der Waals surface area contributed by atoms with Crippen LogP contribution in [-0.2, 0) is 11.2 Å². The van der Waals surface area contributed by atoms with Crippen molar-refractivity contribution in [3.63, 3.8) is 0 Å². The van der Waals surface area contributed by atoms with Crippen LogP contribution in [0.25, 0.3) is 0 Å². The first-order valence-corrected chi connectivity index (χ1v) is 8.07. The number of hydrogen-bond donors (Lipinski definition) is 1. The van der Waals surface area contributed by atoms with Gasteiger partial charge in [-0.05, 0) is 5.56 Å². The molecule has 7 nitrogen and oxygen atoms in total. The number of amidine groups is 1. The summed E-state index contributed by atoms with van der Waals surface area (Å²) in [5.74, 6) is 0.116. The fraction of sp³-hybridized carbons (Fsp3) is 0.154. The van der Waals surface area contributed by atoms with Gasteiger partial charge < -0.3 is 0 Å². The normalized spacial score (nSPS) is 14.6. The van der Waals surface area contributed by atoms with Crippen molar-refractivity contribution in [3.05, 3.63) is 51.0 Å². The van der Waals surface area contributed by atoms with Crippen LogP contribution >= 0.6 is 23.1 Å². The van der Waals surface area contributed by atoms with Crippen molar-refractivity contribution in [2.24, 2.45) is 0 Å². The Morgan fingerprint density at radius 2 is 2.27 bits per heavy atom. The maximum Gasteiger partial charge on any atom is 0.269 e. The lowest BCUT2D eigenvalue weighted by Crippen LogP contribution is -2.28. The molecule has 0 radical (unpaired) electrons. The average molecular weight is 334 g/mol. The minimum Gasteiger partial charge on any atom is -0.278 e. The zero-order valence-corrected chi connectivity index (χ0v) is 12.8. The standard InChI is InChI=1S/C13H10N4O3S2/c14-12-16(11(18)7-21-12)13-15-6-10(22-13)5-8-2-1-3-9(4-8)17(19)20/h1-4,6,14H,5,7H2. The fourth-order valence-electron chi connectivity index (χ4n) is 2.03. The highest BCUT2D eigenvalue weighted by Crippen LogP contribution is 2.30. The van der Waals surface area contributed by atoms with Gasteiger partial charge in [-0.3, -0.25) is 20.3 Å². The highest BCUT2D eigenvalue weighted by molar-refractivity contribution is 8.15. The number of thiazole rings is 1. The molecule has 1 amide bonds. The second-order valence-corrected chi connectivity index (χ2v) is 6.59. The predicted molar refractivity (Wildman–Crippen MR) is 85.7 cm³/mol. The molecule has 3 rings (SSSR count). The molecular formula is C13H10N4O3S2. The molecule has 0 aliphatic carbocycles. The fourth-order valence-corrected chi connectivity index (χ4v) is 3.76. The van der Waals surface area contributed by atoms with Crippen LogP contribution < -0.4 is 4.90 Å². The van der Waals surface area contributed by atoms with Gasteiger partial charge in [0.2, 0.25) is 5.91 Å². The molecule has 1 aromatic heterocycles. The van der Waals surface area contributed by atoms with E-state index in [0.29, 0.717) is 11.6 Å². The summed E-state index contributed by atoms with van der Waals surface area (Å²) in [6, 6.07) is 6.43. The molecular weight excluding hydrogens is 324 g/mol. The average Bonchev–Trinajstić information content (AvgIpc) is 3.06. The zero-order chi connectivity index (χ0) is 15.7. The van der Waals surface area contributed by atoms with Gasteiger partial charge in [-0.25, -0.2) is 9.88 Å². The number of benzene rings is 1. The van der Waals surface area contributed by atoms with Gasteiger partial charge in [0.05, 0.1) is 10.7 Å². The Bertz CT molecular complexity index is 758. The summed E-state index contributed by atoms with van der Waals surface area (Å²) in [6.07, 6.45) is 2.14. The number of nitro groups is 1. The Labute approximate surface area is 133 Å². The number of rotatable bonds is 4. The summed E-state index contributed by atoms with van der Waals surface area (Å²) >= 11 is 2.49. The number of nitrogens with zero attached hydrogens (tertiary/aromatic N) is 3. The van der Waals surface area contributed by atoms with Gasteiger partial charge in [0.15, 0.2) is 10.3 Å². The Balaban J connectivity index is 1.80. The van der Waals surface area contributed by atoms with Crippen molar-refractivity contribution >= 4 is 45.0 Å². The highest BCUT2D eigenvalue weighted by Gasteiger charge is 2.30. The number of carbonyl (C=O) groups is 1. The molecule has 1 fully saturated rings. The van der Waals surface area contributed by atoms with Crippen LogP contribution in [0.3, 0.4) is 0 Å². The van der Waals surface area contributed by atoms with Crippen LogP contribution in [0.4, 0.5) is 10.8 Å². The van der Waals surface area contributed by atoms with Crippen molar-refractivity contribution in [3.8, 4) is 0 Å². The Morgan fingerprint density at radius 1 is 1.45 bits per heavy atom. The van der Waals surface area contributed by atoms with E-state index >= 15 is 0 Å². The van der Waals surface area contributed by atoms with E-state index in [-0.39, 0.29) is 22.5 Å². The third kappa shape index (κ3) is 2.85. The van der Waals surface area contributed by atoms with Crippen LogP contribution in [0.2, 0.25) is 0 Å². The Hall–Kier alpha value is -2.26. The smallest absolute Gasteiger partial charge is 0.269 e. The molecule has 1 aromatic carbocycles. The largest absolute Gasteiger partial charge is 0.278 e. The maximum absolute atomic E-state index is 11.7. The van der Waals surface area contributed by atoms with E-state index in [9.17, 15) is 14.9 Å². The van der Waals surface area contributed by atoms with E-state index in [2.05, 4.69) is 4.98 Å². The van der Waals surface area contributed by atoms with Crippen LogP contribution in [-0.4, -0.2) is 26.7 Å². The van der Waals surface area contributed by atoms with Gasteiger partial charge in [-0.1, -0.05) is 23.9 Å². The van der Waals surface area contributed by atoms with Crippen molar-refractivity contribution in [1.82, 2.24) is 4.98 Å². The lowest BCUT2D eigenvalue weighted by atomic mass is 10.1. The quantitative estimate of drug-likeness (QED) is 0.684. The summed E-state index contributed by atoms with van der Waals surface area (Å²) < 4.78 is 0. The van der Waals surface area contributed by atoms with Gasteiger partial charge in [0.1, 0.15) is 0 Å². The monoisotopic (exact) mass is 334 g/mol. The number of amides is 1. The molecule has 112 valence electrons. The summed E-state index contributed by atoms with van der Waals surface area (Å²) in [4.78, 5) is 28.5. The zero-order valence-electron chi connectivity index (χ0n) is 11.2. The van der Waals surface area contributed by atoms with E-state index in [0.717, 1.165) is 10.4 Å². The third-order valence-corrected chi connectivity index (χ3v) is 4.85. The number of non-ortho nitro benzene ring substituents is 1. The molecule has 0 saturated carbocycles. The van der Waals surface area contributed by atoms with Gasteiger partial charge in [0.25, 0.3) is 5.69 Å². The van der Waals surface area contributed by atoms with E-state index < -0.39 is 4.92 Å². The molecule has 1 N–H and O–H groups in total.